The van der Waals surface area contributed by atoms with Gasteiger partial charge in [-0.15, -0.1) is 0 Å². The summed E-state index contributed by atoms with van der Waals surface area (Å²) in [4.78, 5) is 25.1. The SMILES string of the molecule is O=C(COC(=O)C1(c2ccc(F)cc2)CCCC1)c1ccccc1Br. The van der Waals surface area contributed by atoms with Crippen molar-refractivity contribution in [3.05, 3.63) is 69.9 Å². The number of rotatable bonds is 5. The highest BCUT2D eigenvalue weighted by Gasteiger charge is 2.44. The van der Waals surface area contributed by atoms with Crippen LogP contribution in [0.15, 0.2) is 53.0 Å². The zero-order chi connectivity index (χ0) is 17.9. The normalized spacial score (nSPS) is 15.8. The van der Waals surface area contributed by atoms with Crippen LogP contribution in [-0.4, -0.2) is 18.4 Å². The molecule has 3 rings (SSSR count). The number of hydrogen-bond donors (Lipinski definition) is 0. The monoisotopic (exact) mass is 404 g/mol. The molecule has 0 spiro atoms. The first-order valence-corrected chi connectivity index (χ1v) is 9.03. The number of benzene rings is 2. The number of carbonyl (C=O) groups excluding carboxylic acids is 2. The first kappa shape index (κ1) is 17.8. The second-order valence-electron chi connectivity index (χ2n) is 6.28. The third kappa shape index (κ3) is 3.66. The van der Waals surface area contributed by atoms with E-state index in [-0.39, 0.29) is 18.2 Å². The summed E-state index contributed by atoms with van der Waals surface area (Å²) in [7, 11) is 0. The Bertz CT molecular complexity index is 780. The van der Waals surface area contributed by atoms with Gasteiger partial charge in [-0.2, -0.15) is 0 Å². The van der Waals surface area contributed by atoms with Gasteiger partial charge >= 0.3 is 5.97 Å². The molecule has 1 aliphatic carbocycles. The number of ether oxygens (including phenoxy) is 1. The van der Waals surface area contributed by atoms with Crippen molar-refractivity contribution in [1.29, 1.82) is 0 Å². The molecule has 3 nitrogen and oxygen atoms in total. The van der Waals surface area contributed by atoms with E-state index in [0.717, 1.165) is 18.4 Å². The van der Waals surface area contributed by atoms with E-state index in [1.807, 2.05) is 6.07 Å². The van der Waals surface area contributed by atoms with Gasteiger partial charge in [0.15, 0.2) is 6.61 Å². The summed E-state index contributed by atoms with van der Waals surface area (Å²) in [6.45, 7) is -0.301. The maximum absolute atomic E-state index is 13.2. The Morgan fingerprint density at radius 3 is 2.32 bits per heavy atom. The van der Waals surface area contributed by atoms with Crippen LogP contribution in [0.4, 0.5) is 4.39 Å². The molecule has 2 aromatic rings. The molecule has 1 saturated carbocycles. The minimum absolute atomic E-state index is 0.256. The molecule has 0 N–H and O–H groups in total. The highest BCUT2D eigenvalue weighted by Crippen LogP contribution is 2.42. The molecule has 0 unspecified atom stereocenters. The Balaban J connectivity index is 1.75. The largest absolute Gasteiger partial charge is 0.457 e. The van der Waals surface area contributed by atoms with E-state index in [1.165, 1.54) is 12.1 Å². The molecule has 0 aliphatic heterocycles. The Hall–Kier alpha value is -2.01. The molecule has 0 heterocycles. The molecule has 5 heteroatoms. The van der Waals surface area contributed by atoms with Crippen molar-refractivity contribution in [2.24, 2.45) is 0 Å². The summed E-state index contributed by atoms with van der Waals surface area (Å²) in [6.07, 6.45) is 3.12. The maximum atomic E-state index is 13.2. The second kappa shape index (κ2) is 7.48. The van der Waals surface area contributed by atoms with Gasteiger partial charge in [0.05, 0.1) is 5.41 Å². The van der Waals surface area contributed by atoms with E-state index >= 15 is 0 Å². The molecular formula is C20H18BrFO3. The Labute approximate surface area is 154 Å². The summed E-state index contributed by atoms with van der Waals surface area (Å²) < 4.78 is 19.3. The van der Waals surface area contributed by atoms with Crippen LogP contribution in [0.3, 0.4) is 0 Å². The number of hydrogen-bond acceptors (Lipinski definition) is 3. The van der Waals surface area contributed by atoms with Gasteiger partial charge in [-0.3, -0.25) is 9.59 Å². The lowest BCUT2D eigenvalue weighted by atomic mass is 9.79. The number of esters is 1. The van der Waals surface area contributed by atoms with Crippen LogP contribution in [0.1, 0.15) is 41.6 Å². The number of Topliss-reactive ketones (excluding diaryl/α,β-unsaturated/α-hetero) is 1. The summed E-state index contributed by atoms with van der Waals surface area (Å²) in [6, 6.07) is 13.0. The smallest absolute Gasteiger partial charge is 0.317 e. The lowest BCUT2D eigenvalue weighted by molar-refractivity contribution is -0.149. The number of halogens is 2. The summed E-state index contributed by atoms with van der Waals surface area (Å²) >= 11 is 3.33. The second-order valence-corrected chi connectivity index (χ2v) is 7.13. The molecule has 25 heavy (non-hydrogen) atoms. The van der Waals surface area contributed by atoms with Crippen molar-refractivity contribution in [1.82, 2.24) is 0 Å². The molecule has 130 valence electrons. The van der Waals surface area contributed by atoms with E-state index in [0.29, 0.717) is 22.9 Å². The topological polar surface area (TPSA) is 43.4 Å². The van der Waals surface area contributed by atoms with Gasteiger partial charge in [-0.1, -0.05) is 59.1 Å². The quantitative estimate of drug-likeness (QED) is 0.529. The van der Waals surface area contributed by atoms with Crippen molar-refractivity contribution >= 4 is 27.7 Å². The molecule has 0 radical (unpaired) electrons. The predicted octanol–water partition coefficient (Wildman–Crippen LogP) is 4.83. The van der Waals surface area contributed by atoms with Gasteiger partial charge in [-0.25, -0.2) is 4.39 Å². The average Bonchev–Trinajstić information content (AvgIpc) is 3.11. The molecule has 1 aliphatic rings. The predicted molar refractivity (Wildman–Crippen MR) is 96.0 cm³/mol. The first-order valence-electron chi connectivity index (χ1n) is 8.24. The molecule has 0 atom stereocenters. The minimum Gasteiger partial charge on any atom is -0.457 e. The zero-order valence-electron chi connectivity index (χ0n) is 13.6. The average molecular weight is 405 g/mol. The van der Waals surface area contributed by atoms with Gasteiger partial charge in [0.1, 0.15) is 5.82 Å². The Kier molecular flexibility index (Phi) is 5.33. The van der Waals surface area contributed by atoms with Crippen molar-refractivity contribution in [2.75, 3.05) is 6.61 Å². The van der Waals surface area contributed by atoms with E-state index < -0.39 is 11.4 Å². The van der Waals surface area contributed by atoms with Crippen LogP contribution >= 0.6 is 15.9 Å². The van der Waals surface area contributed by atoms with Crippen molar-refractivity contribution in [3.8, 4) is 0 Å². The third-order valence-electron chi connectivity index (χ3n) is 4.75. The molecule has 0 saturated heterocycles. The van der Waals surface area contributed by atoms with Crippen LogP contribution in [-0.2, 0) is 14.9 Å². The Morgan fingerprint density at radius 2 is 1.68 bits per heavy atom. The van der Waals surface area contributed by atoms with Crippen LogP contribution in [0.2, 0.25) is 0 Å². The minimum atomic E-state index is -0.776. The van der Waals surface area contributed by atoms with Crippen molar-refractivity contribution < 1.29 is 18.7 Å². The van der Waals surface area contributed by atoms with Crippen LogP contribution in [0, 0.1) is 5.82 Å². The van der Waals surface area contributed by atoms with Crippen LogP contribution < -0.4 is 0 Å². The first-order chi connectivity index (χ1) is 12.0. The van der Waals surface area contributed by atoms with E-state index in [9.17, 15) is 14.0 Å². The van der Waals surface area contributed by atoms with Crippen LogP contribution in [0.5, 0.6) is 0 Å². The fourth-order valence-electron chi connectivity index (χ4n) is 3.39. The fourth-order valence-corrected chi connectivity index (χ4v) is 3.90. The molecule has 0 amide bonds. The molecule has 0 aromatic heterocycles. The van der Waals surface area contributed by atoms with Gasteiger partial charge in [0.25, 0.3) is 0 Å². The third-order valence-corrected chi connectivity index (χ3v) is 5.44. The highest BCUT2D eigenvalue weighted by atomic mass is 79.9. The van der Waals surface area contributed by atoms with Gasteiger partial charge in [0, 0.05) is 10.0 Å². The lowest BCUT2D eigenvalue weighted by Crippen LogP contribution is -2.35. The number of ketones is 1. The summed E-state index contributed by atoms with van der Waals surface area (Å²) in [5.74, 6) is -1.00. The van der Waals surface area contributed by atoms with Gasteiger partial charge < -0.3 is 4.74 Å². The Morgan fingerprint density at radius 1 is 1.04 bits per heavy atom. The van der Waals surface area contributed by atoms with Crippen LogP contribution in [0.25, 0.3) is 0 Å². The molecule has 1 fully saturated rings. The van der Waals surface area contributed by atoms with E-state index in [2.05, 4.69) is 15.9 Å². The van der Waals surface area contributed by atoms with Crippen molar-refractivity contribution in [2.45, 2.75) is 31.1 Å². The number of carbonyl (C=O) groups is 2. The standard InChI is InChI=1S/C20H18BrFO3/c21-17-6-2-1-5-16(17)18(23)13-25-19(24)20(11-3-4-12-20)14-7-9-15(22)10-8-14/h1-2,5-10H,3-4,11-13H2. The maximum Gasteiger partial charge on any atom is 0.317 e. The fraction of sp³-hybridized carbons (Fsp3) is 0.300. The molecule has 2 aromatic carbocycles. The summed E-state index contributed by atoms with van der Waals surface area (Å²) in [5.41, 5.74) is 0.462. The van der Waals surface area contributed by atoms with Gasteiger partial charge in [-0.05, 0) is 36.6 Å². The van der Waals surface area contributed by atoms with Gasteiger partial charge in [0.2, 0.25) is 5.78 Å². The zero-order valence-corrected chi connectivity index (χ0v) is 15.2. The van der Waals surface area contributed by atoms with Crippen molar-refractivity contribution in [3.63, 3.8) is 0 Å². The summed E-state index contributed by atoms with van der Waals surface area (Å²) in [5, 5.41) is 0. The highest BCUT2D eigenvalue weighted by molar-refractivity contribution is 9.10. The molecule has 0 bridgehead atoms. The lowest BCUT2D eigenvalue weighted by Gasteiger charge is -2.27. The molecular weight excluding hydrogens is 387 g/mol. The van der Waals surface area contributed by atoms with E-state index in [1.54, 1.807) is 30.3 Å². The van der Waals surface area contributed by atoms with E-state index in [4.69, 9.17) is 4.74 Å².